The van der Waals surface area contributed by atoms with Crippen LogP contribution < -0.4 is 18.6 Å². The van der Waals surface area contributed by atoms with E-state index >= 15 is 0 Å². The second-order valence-corrected chi connectivity index (χ2v) is 3.55. The lowest BCUT2D eigenvalue weighted by Crippen LogP contribution is -2.68. The van der Waals surface area contributed by atoms with E-state index in [-0.39, 0.29) is 0 Å². The normalized spacial score (nSPS) is 10.6. The van der Waals surface area contributed by atoms with E-state index in [1.54, 1.807) is 0 Å². The molecule has 6 nitrogen and oxygen atoms in total. The second-order valence-electron chi connectivity index (χ2n) is 2.80. The first-order valence-corrected chi connectivity index (χ1v) is 4.82. The Hall–Kier alpha value is -0.660. The SMILES string of the molecule is CN(C)/C=C/C=[N+](C)C.[O-][Cl+3]([O-])([O-])[O-]. The number of allylic oxidation sites excluding steroid dienone is 1. The van der Waals surface area contributed by atoms with Crippen LogP contribution in [-0.2, 0) is 0 Å². The first-order valence-electron chi connectivity index (χ1n) is 3.59. The molecule has 0 heterocycles. The van der Waals surface area contributed by atoms with Crippen LogP contribution in [0.5, 0.6) is 0 Å². The van der Waals surface area contributed by atoms with Crippen LogP contribution in [0.15, 0.2) is 12.3 Å². The maximum atomic E-state index is 8.49. The Morgan fingerprint density at radius 3 is 1.64 bits per heavy atom. The molecule has 0 aliphatic heterocycles. The second kappa shape index (κ2) is 7.72. The molecule has 0 unspecified atom stereocenters. The molecular formula is C7H15ClN2O4. The first-order chi connectivity index (χ1) is 6.13. The number of hydrogen-bond donors (Lipinski definition) is 0. The average Bonchev–Trinajstić information content (AvgIpc) is 1.80. The van der Waals surface area contributed by atoms with Crippen LogP contribution in [-0.4, -0.2) is 43.9 Å². The van der Waals surface area contributed by atoms with Gasteiger partial charge in [-0.05, 0) is 0 Å². The molecule has 0 atom stereocenters. The van der Waals surface area contributed by atoms with Gasteiger partial charge in [-0.2, -0.15) is 0 Å². The molecule has 14 heavy (non-hydrogen) atoms. The minimum Gasteiger partial charge on any atom is -0.383 e. The number of nitrogens with zero attached hydrogens (tertiary/aromatic N) is 2. The lowest BCUT2D eigenvalue weighted by Gasteiger charge is -2.17. The summed E-state index contributed by atoms with van der Waals surface area (Å²) < 4.78 is 36.0. The Balaban J connectivity index is 0. The zero-order valence-corrected chi connectivity index (χ0v) is 9.39. The van der Waals surface area contributed by atoms with Crippen molar-refractivity contribution in [1.29, 1.82) is 0 Å². The highest BCUT2D eigenvalue weighted by Gasteiger charge is 1.84. The van der Waals surface area contributed by atoms with Crippen molar-refractivity contribution in [3.63, 3.8) is 0 Å². The van der Waals surface area contributed by atoms with Crippen molar-refractivity contribution >= 4 is 6.21 Å². The van der Waals surface area contributed by atoms with E-state index in [4.69, 9.17) is 18.6 Å². The van der Waals surface area contributed by atoms with Gasteiger partial charge in [0.25, 0.3) is 0 Å². The molecule has 0 aromatic rings. The fraction of sp³-hybridized carbons (Fsp3) is 0.571. The van der Waals surface area contributed by atoms with Crippen LogP contribution in [0.1, 0.15) is 0 Å². The van der Waals surface area contributed by atoms with Crippen LogP contribution in [0.4, 0.5) is 0 Å². The van der Waals surface area contributed by atoms with E-state index in [9.17, 15) is 0 Å². The third-order valence-corrected chi connectivity index (χ3v) is 0.768. The number of hydrogen-bond acceptors (Lipinski definition) is 5. The molecule has 7 heteroatoms. The van der Waals surface area contributed by atoms with Gasteiger partial charge in [-0.1, -0.05) is 0 Å². The van der Waals surface area contributed by atoms with Crippen molar-refractivity contribution in [2.45, 2.75) is 0 Å². The first kappa shape index (κ1) is 15.8. The highest BCUT2D eigenvalue weighted by atomic mass is 35.7. The van der Waals surface area contributed by atoms with Crippen molar-refractivity contribution in [2.75, 3.05) is 28.2 Å². The molecule has 0 saturated carbocycles. The molecule has 0 N–H and O–H groups in total. The van der Waals surface area contributed by atoms with E-state index in [1.807, 2.05) is 56.2 Å². The minimum absolute atomic E-state index is 2.00. The molecular weight excluding hydrogens is 212 g/mol. The Bertz CT molecular complexity index is 188. The summed E-state index contributed by atoms with van der Waals surface area (Å²) in [5.41, 5.74) is 0. The lowest BCUT2D eigenvalue weighted by atomic mass is 10.6. The standard InChI is InChI=1S/C7H15N2.ClHO4/c1-8(2)6-5-7-9(3)4;2-1(3,4)5/h5-7H,1-4H3;(H,2,3,4,5)/q+1;/p-1. The zero-order chi connectivity index (χ0) is 11.8. The van der Waals surface area contributed by atoms with Gasteiger partial charge < -0.3 is 4.90 Å². The largest absolute Gasteiger partial charge is 0.383 e. The highest BCUT2D eigenvalue weighted by Crippen LogP contribution is 1.72. The molecule has 0 aromatic carbocycles. The molecule has 0 rings (SSSR count). The van der Waals surface area contributed by atoms with Gasteiger partial charge in [0.05, 0.1) is 0 Å². The van der Waals surface area contributed by atoms with E-state index in [0.717, 1.165) is 0 Å². The lowest BCUT2D eigenvalue weighted by molar-refractivity contribution is -2.00. The molecule has 84 valence electrons. The van der Waals surface area contributed by atoms with Crippen molar-refractivity contribution in [3.05, 3.63) is 12.3 Å². The molecule has 0 amide bonds. The Labute approximate surface area is 85.7 Å². The third kappa shape index (κ3) is 42.5. The predicted octanol–water partition coefficient (Wildman–Crippen LogP) is -4.35. The maximum Gasteiger partial charge on any atom is 0.164 e. The fourth-order valence-electron chi connectivity index (χ4n) is 0.383. The average molecular weight is 227 g/mol. The Morgan fingerprint density at radius 1 is 1.07 bits per heavy atom. The summed E-state index contributed by atoms with van der Waals surface area (Å²) in [5.74, 6) is 0. The highest BCUT2D eigenvalue weighted by molar-refractivity contribution is 5.65. The van der Waals surface area contributed by atoms with Crippen molar-refractivity contribution in [2.24, 2.45) is 0 Å². The van der Waals surface area contributed by atoms with Crippen LogP contribution in [0.25, 0.3) is 0 Å². The maximum absolute atomic E-state index is 8.49. The summed E-state index contributed by atoms with van der Waals surface area (Å²) in [5, 5.41) is 0. The molecule has 0 aromatic heterocycles. The number of rotatable bonds is 2. The summed E-state index contributed by atoms with van der Waals surface area (Å²) >= 11 is 0. The Morgan fingerprint density at radius 2 is 1.43 bits per heavy atom. The summed E-state index contributed by atoms with van der Waals surface area (Å²) in [4.78, 5) is 2.00. The minimum atomic E-state index is -4.94. The third-order valence-electron chi connectivity index (χ3n) is 0.768. The molecule has 0 aliphatic carbocycles. The van der Waals surface area contributed by atoms with E-state index in [2.05, 4.69) is 0 Å². The van der Waals surface area contributed by atoms with E-state index in [1.165, 1.54) is 0 Å². The van der Waals surface area contributed by atoms with Gasteiger partial charge in [0, 0.05) is 26.4 Å². The van der Waals surface area contributed by atoms with E-state index < -0.39 is 10.2 Å². The van der Waals surface area contributed by atoms with Crippen LogP contribution in [0.2, 0.25) is 0 Å². The topological polar surface area (TPSA) is 98.5 Å². The van der Waals surface area contributed by atoms with Gasteiger partial charge in [-0.3, -0.25) is 0 Å². The van der Waals surface area contributed by atoms with Gasteiger partial charge >= 0.3 is 0 Å². The summed E-state index contributed by atoms with van der Waals surface area (Å²) in [6, 6.07) is 0. The summed E-state index contributed by atoms with van der Waals surface area (Å²) in [7, 11) is 3.06. The van der Waals surface area contributed by atoms with Gasteiger partial charge in [-0.25, -0.2) is 23.2 Å². The Kier molecular flexibility index (Phi) is 8.71. The van der Waals surface area contributed by atoms with Crippen LogP contribution in [0, 0.1) is 10.2 Å². The smallest absolute Gasteiger partial charge is 0.164 e. The molecule has 0 bridgehead atoms. The van der Waals surface area contributed by atoms with Gasteiger partial charge in [0.1, 0.15) is 14.1 Å². The quantitative estimate of drug-likeness (QED) is 0.350. The predicted molar refractivity (Wildman–Crippen MR) is 41.0 cm³/mol. The van der Waals surface area contributed by atoms with Gasteiger partial charge in [-0.15, -0.1) is 10.2 Å². The molecule has 0 aliphatic rings. The van der Waals surface area contributed by atoms with E-state index in [0.29, 0.717) is 0 Å². The molecule has 0 radical (unpaired) electrons. The molecule has 0 spiro atoms. The monoisotopic (exact) mass is 226 g/mol. The molecule has 0 saturated heterocycles. The van der Waals surface area contributed by atoms with Gasteiger partial charge in [0.15, 0.2) is 6.21 Å². The zero-order valence-electron chi connectivity index (χ0n) is 8.64. The fourth-order valence-corrected chi connectivity index (χ4v) is 0.383. The van der Waals surface area contributed by atoms with Crippen molar-refractivity contribution in [1.82, 2.24) is 4.90 Å². The van der Waals surface area contributed by atoms with Crippen LogP contribution >= 0.6 is 0 Å². The van der Waals surface area contributed by atoms with Crippen molar-refractivity contribution in [3.8, 4) is 0 Å². The number of halogens is 1. The van der Waals surface area contributed by atoms with Crippen molar-refractivity contribution < 1.29 is 33.5 Å². The summed E-state index contributed by atoms with van der Waals surface area (Å²) in [6.45, 7) is 0. The van der Waals surface area contributed by atoms with Crippen LogP contribution in [0.3, 0.4) is 0 Å². The molecule has 0 fully saturated rings. The summed E-state index contributed by atoms with van der Waals surface area (Å²) in [6.07, 6.45) is 6.00. The van der Waals surface area contributed by atoms with Gasteiger partial charge in [0.2, 0.25) is 0 Å².